The fourth-order valence-electron chi connectivity index (χ4n) is 1.97. The lowest BCUT2D eigenvalue weighted by Crippen LogP contribution is -2.49. The van der Waals surface area contributed by atoms with E-state index >= 15 is 0 Å². The van der Waals surface area contributed by atoms with Crippen LogP contribution in [0.25, 0.3) is 0 Å². The quantitative estimate of drug-likeness (QED) is 0.856. The second kappa shape index (κ2) is 6.03. The molecule has 0 atom stereocenters. The molecule has 0 aliphatic carbocycles. The molecule has 1 heterocycles. The third-order valence-electron chi connectivity index (χ3n) is 3.23. The Balaban J connectivity index is 1.91. The highest BCUT2D eigenvalue weighted by Gasteiger charge is 2.28. The lowest BCUT2D eigenvalue weighted by atomic mass is 10.0. The van der Waals surface area contributed by atoms with Gasteiger partial charge in [0, 0.05) is 6.42 Å². The molecular formula is C15H19NO5. The van der Waals surface area contributed by atoms with Crippen LogP contribution in [0.5, 0.6) is 11.5 Å². The Morgan fingerprint density at radius 1 is 1.24 bits per heavy atom. The van der Waals surface area contributed by atoms with Gasteiger partial charge in [-0.2, -0.15) is 0 Å². The Kier molecular flexibility index (Phi) is 4.35. The third-order valence-corrected chi connectivity index (χ3v) is 3.23. The minimum absolute atomic E-state index is 0.219. The number of rotatable bonds is 5. The number of aryl methyl sites for hydroxylation is 1. The van der Waals surface area contributed by atoms with Crippen molar-refractivity contribution in [2.24, 2.45) is 0 Å². The van der Waals surface area contributed by atoms with Crippen LogP contribution in [-0.4, -0.2) is 35.7 Å². The van der Waals surface area contributed by atoms with Crippen LogP contribution in [0.1, 0.15) is 25.8 Å². The topological polar surface area (TPSA) is 84.9 Å². The van der Waals surface area contributed by atoms with E-state index in [4.69, 9.17) is 14.6 Å². The highest BCUT2D eigenvalue weighted by molar-refractivity contribution is 5.86. The Morgan fingerprint density at radius 3 is 2.57 bits per heavy atom. The van der Waals surface area contributed by atoms with Gasteiger partial charge in [-0.15, -0.1) is 0 Å². The molecule has 0 fully saturated rings. The highest BCUT2D eigenvalue weighted by Crippen LogP contribution is 2.31. The number of carbonyl (C=O) groups is 2. The van der Waals surface area contributed by atoms with Gasteiger partial charge in [-0.1, -0.05) is 6.07 Å². The number of amides is 1. The van der Waals surface area contributed by atoms with Gasteiger partial charge in [-0.3, -0.25) is 4.79 Å². The average Bonchev–Trinajstić information content (AvgIpc) is 2.44. The van der Waals surface area contributed by atoms with E-state index < -0.39 is 11.5 Å². The molecule has 0 aromatic heterocycles. The van der Waals surface area contributed by atoms with E-state index in [0.717, 1.165) is 5.56 Å². The monoisotopic (exact) mass is 293 g/mol. The largest absolute Gasteiger partial charge is 0.486 e. The number of hydrogen-bond donors (Lipinski definition) is 2. The summed E-state index contributed by atoms with van der Waals surface area (Å²) < 4.78 is 10.9. The van der Waals surface area contributed by atoms with Crippen LogP contribution in [0.4, 0.5) is 0 Å². The molecule has 1 aliphatic rings. The predicted molar refractivity (Wildman–Crippen MR) is 75.6 cm³/mol. The molecular weight excluding hydrogens is 274 g/mol. The van der Waals surface area contributed by atoms with Crippen molar-refractivity contribution in [3.63, 3.8) is 0 Å². The van der Waals surface area contributed by atoms with Crippen LogP contribution in [0.3, 0.4) is 0 Å². The van der Waals surface area contributed by atoms with Crippen molar-refractivity contribution in [2.45, 2.75) is 32.2 Å². The molecule has 2 rings (SSSR count). The number of fused-ring (bicyclic) bond motifs is 1. The summed E-state index contributed by atoms with van der Waals surface area (Å²) in [5.74, 6) is 0.0407. The minimum atomic E-state index is -1.26. The molecule has 0 radical (unpaired) electrons. The molecule has 0 bridgehead atoms. The van der Waals surface area contributed by atoms with Crippen LogP contribution in [0.2, 0.25) is 0 Å². The fraction of sp³-hybridized carbons (Fsp3) is 0.467. The number of benzene rings is 1. The molecule has 6 nitrogen and oxygen atoms in total. The van der Waals surface area contributed by atoms with Gasteiger partial charge in [0.25, 0.3) is 0 Å². The highest BCUT2D eigenvalue weighted by atomic mass is 16.6. The normalized spacial score (nSPS) is 13.6. The summed E-state index contributed by atoms with van der Waals surface area (Å²) in [5, 5.41) is 11.5. The van der Waals surface area contributed by atoms with E-state index in [2.05, 4.69) is 5.32 Å². The molecule has 21 heavy (non-hydrogen) atoms. The van der Waals surface area contributed by atoms with E-state index in [1.165, 1.54) is 13.8 Å². The molecule has 1 aliphatic heterocycles. The molecule has 6 heteroatoms. The summed E-state index contributed by atoms with van der Waals surface area (Å²) in [4.78, 5) is 22.7. The minimum Gasteiger partial charge on any atom is -0.486 e. The van der Waals surface area contributed by atoms with Crippen molar-refractivity contribution in [3.8, 4) is 11.5 Å². The number of carboxylic acids is 1. The fourth-order valence-corrected chi connectivity index (χ4v) is 1.97. The Morgan fingerprint density at radius 2 is 1.90 bits per heavy atom. The maximum Gasteiger partial charge on any atom is 0.328 e. The summed E-state index contributed by atoms with van der Waals surface area (Å²) in [5.41, 5.74) is -0.313. The summed E-state index contributed by atoms with van der Waals surface area (Å²) in [6.45, 7) is 3.97. The Labute approximate surface area is 123 Å². The summed E-state index contributed by atoms with van der Waals surface area (Å²) in [6, 6.07) is 5.55. The van der Waals surface area contributed by atoms with Crippen LogP contribution in [0, 0.1) is 0 Å². The first-order valence-corrected chi connectivity index (χ1v) is 6.81. The summed E-state index contributed by atoms with van der Waals surface area (Å²) >= 11 is 0. The lowest BCUT2D eigenvalue weighted by Gasteiger charge is -2.21. The van der Waals surface area contributed by atoms with Gasteiger partial charge in [0.1, 0.15) is 18.8 Å². The van der Waals surface area contributed by atoms with Crippen LogP contribution >= 0.6 is 0 Å². The molecule has 0 saturated heterocycles. The van der Waals surface area contributed by atoms with Gasteiger partial charge in [0.05, 0.1) is 0 Å². The first-order valence-electron chi connectivity index (χ1n) is 6.81. The Hall–Kier alpha value is -2.24. The number of carbonyl (C=O) groups excluding carboxylic acids is 1. The van der Waals surface area contributed by atoms with E-state index in [9.17, 15) is 9.59 Å². The average molecular weight is 293 g/mol. The standard InChI is InChI=1S/C15H19NO5/c1-15(2,14(18)19)16-13(17)6-4-10-3-5-11-12(9-10)21-8-7-20-11/h3,5,9H,4,6-8H2,1-2H3,(H,16,17)(H,18,19). The number of nitrogens with one attached hydrogen (secondary N) is 1. The molecule has 1 aromatic rings. The molecule has 0 saturated carbocycles. The van der Waals surface area contributed by atoms with Gasteiger partial charge in [0.2, 0.25) is 5.91 Å². The Bertz CT molecular complexity index is 553. The number of ether oxygens (including phenoxy) is 2. The predicted octanol–water partition coefficient (Wildman–Crippen LogP) is 1.37. The van der Waals surface area contributed by atoms with E-state index in [0.29, 0.717) is 31.1 Å². The van der Waals surface area contributed by atoms with Crippen molar-refractivity contribution >= 4 is 11.9 Å². The molecule has 0 unspecified atom stereocenters. The van der Waals surface area contributed by atoms with Crippen LogP contribution in [0.15, 0.2) is 18.2 Å². The van der Waals surface area contributed by atoms with Gasteiger partial charge in [0.15, 0.2) is 11.5 Å². The van der Waals surface area contributed by atoms with Crippen molar-refractivity contribution in [3.05, 3.63) is 23.8 Å². The van der Waals surface area contributed by atoms with Crippen molar-refractivity contribution in [1.82, 2.24) is 5.32 Å². The van der Waals surface area contributed by atoms with E-state index in [1.807, 2.05) is 18.2 Å². The zero-order valence-corrected chi connectivity index (χ0v) is 12.1. The van der Waals surface area contributed by atoms with E-state index in [1.54, 1.807) is 0 Å². The van der Waals surface area contributed by atoms with Crippen LogP contribution < -0.4 is 14.8 Å². The molecule has 0 spiro atoms. The number of hydrogen-bond acceptors (Lipinski definition) is 4. The van der Waals surface area contributed by atoms with Crippen molar-refractivity contribution < 1.29 is 24.2 Å². The summed E-state index contributed by atoms with van der Waals surface area (Å²) in [7, 11) is 0. The second-order valence-corrected chi connectivity index (χ2v) is 5.46. The molecule has 1 aromatic carbocycles. The zero-order valence-electron chi connectivity index (χ0n) is 12.1. The van der Waals surface area contributed by atoms with Gasteiger partial charge < -0.3 is 19.9 Å². The first kappa shape index (κ1) is 15.2. The van der Waals surface area contributed by atoms with Crippen LogP contribution in [-0.2, 0) is 16.0 Å². The van der Waals surface area contributed by atoms with Crippen molar-refractivity contribution in [2.75, 3.05) is 13.2 Å². The maximum absolute atomic E-state index is 11.8. The maximum atomic E-state index is 11.8. The lowest BCUT2D eigenvalue weighted by molar-refractivity contribution is -0.146. The first-order chi connectivity index (χ1) is 9.88. The van der Waals surface area contributed by atoms with Gasteiger partial charge in [-0.25, -0.2) is 4.79 Å². The van der Waals surface area contributed by atoms with Gasteiger partial charge >= 0.3 is 5.97 Å². The van der Waals surface area contributed by atoms with Crippen molar-refractivity contribution in [1.29, 1.82) is 0 Å². The molecule has 114 valence electrons. The zero-order chi connectivity index (χ0) is 15.5. The summed E-state index contributed by atoms with van der Waals surface area (Å²) in [6.07, 6.45) is 0.731. The number of aliphatic carboxylic acids is 1. The smallest absolute Gasteiger partial charge is 0.328 e. The molecule has 1 amide bonds. The second-order valence-electron chi connectivity index (χ2n) is 5.46. The van der Waals surface area contributed by atoms with Gasteiger partial charge in [-0.05, 0) is 38.0 Å². The number of carboxylic acid groups (broad SMARTS) is 1. The van der Waals surface area contributed by atoms with E-state index in [-0.39, 0.29) is 12.3 Å². The molecule has 2 N–H and O–H groups in total. The third kappa shape index (κ3) is 3.87. The SMILES string of the molecule is CC(C)(NC(=O)CCc1ccc2c(c1)OCCO2)C(=O)O.